The van der Waals surface area contributed by atoms with Gasteiger partial charge in [0.2, 0.25) is 0 Å². The van der Waals surface area contributed by atoms with E-state index in [0.29, 0.717) is 23.8 Å². The number of amides is 2. The summed E-state index contributed by atoms with van der Waals surface area (Å²) in [5.41, 5.74) is 3.92. The van der Waals surface area contributed by atoms with Crippen molar-refractivity contribution in [3.63, 3.8) is 0 Å². The SMILES string of the molecule is C[C@@H](Nc1cc(C(F)(F)F)c(-c2sc(C(N)=O)nc2C(=O)N2CCC[C@@H]2C)cn1)C1CCC1. The van der Waals surface area contributed by atoms with Crippen molar-refractivity contribution in [3.05, 3.63) is 28.5 Å². The Kier molecular flexibility index (Phi) is 6.35. The first-order valence-corrected chi connectivity index (χ1v) is 11.8. The maximum Gasteiger partial charge on any atom is 0.417 e. The molecule has 1 aliphatic carbocycles. The lowest BCUT2D eigenvalue weighted by molar-refractivity contribution is -0.137. The number of anilines is 1. The van der Waals surface area contributed by atoms with Crippen LogP contribution in [0.5, 0.6) is 0 Å². The van der Waals surface area contributed by atoms with Gasteiger partial charge in [0, 0.05) is 30.4 Å². The molecule has 2 aliphatic rings. The van der Waals surface area contributed by atoms with Gasteiger partial charge in [-0.1, -0.05) is 6.42 Å². The Hall–Kier alpha value is -2.69. The Labute approximate surface area is 193 Å². The minimum Gasteiger partial charge on any atom is -0.367 e. The molecule has 0 unspecified atom stereocenters. The fourth-order valence-electron chi connectivity index (χ4n) is 4.36. The van der Waals surface area contributed by atoms with Crippen LogP contribution >= 0.6 is 11.3 Å². The molecule has 1 saturated carbocycles. The number of aromatic nitrogens is 2. The van der Waals surface area contributed by atoms with Gasteiger partial charge in [-0.3, -0.25) is 9.59 Å². The summed E-state index contributed by atoms with van der Waals surface area (Å²) in [6.07, 6.45) is 1.18. The standard InChI is InChI=1S/C22H26F3N5O2S/c1-11-5-4-8-30(11)21(32)17-18(33-20(29-17)19(26)31)14-10-27-16(9-15(14)22(23,24)25)28-12(2)13-6-3-7-13/h9-13H,3-8H2,1-2H3,(H2,26,31)(H,27,28)/t11-,12+/m0/s1. The van der Waals surface area contributed by atoms with Crippen LogP contribution in [-0.2, 0) is 6.18 Å². The van der Waals surface area contributed by atoms with Gasteiger partial charge in [-0.15, -0.1) is 11.3 Å². The number of likely N-dealkylation sites (tertiary alicyclic amines) is 1. The van der Waals surface area contributed by atoms with Crippen molar-refractivity contribution in [1.82, 2.24) is 14.9 Å². The molecule has 11 heteroatoms. The minimum atomic E-state index is -4.70. The molecule has 3 N–H and O–H groups in total. The average Bonchev–Trinajstić information content (AvgIpc) is 3.32. The summed E-state index contributed by atoms with van der Waals surface area (Å²) in [5, 5.41) is 2.86. The van der Waals surface area contributed by atoms with Crippen LogP contribution in [0.4, 0.5) is 19.0 Å². The zero-order valence-electron chi connectivity index (χ0n) is 18.4. The Balaban J connectivity index is 1.76. The molecule has 1 aliphatic heterocycles. The molecule has 0 spiro atoms. The van der Waals surface area contributed by atoms with Crippen LogP contribution in [0.25, 0.3) is 10.4 Å². The maximum atomic E-state index is 14.1. The fourth-order valence-corrected chi connectivity index (χ4v) is 5.30. The van der Waals surface area contributed by atoms with Crippen molar-refractivity contribution in [2.75, 3.05) is 11.9 Å². The molecule has 2 fully saturated rings. The number of carbonyl (C=O) groups is 2. The molecule has 0 radical (unpaired) electrons. The van der Waals surface area contributed by atoms with Crippen molar-refractivity contribution in [3.8, 4) is 10.4 Å². The average molecular weight is 482 g/mol. The maximum absolute atomic E-state index is 14.1. The zero-order chi connectivity index (χ0) is 23.9. The molecule has 0 bridgehead atoms. The Morgan fingerprint density at radius 1 is 1.27 bits per heavy atom. The highest BCUT2D eigenvalue weighted by Gasteiger charge is 2.38. The summed E-state index contributed by atoms with van der Waals surface area (Å²) in [7, 11) is 0. The number of nitrogens with zero attached hydrogens (tertiary/aromatic N) is 3. The number of nitrogens with one attached hydrogen (secondary N) is 1. The second-order valence-electron chi connectivity index (χ2n) is 8.79. The number of halogens is 3. The highest BCUT2D eigenvalue weighted by Crippen LogP contribution is 2.42. The van der Waals surface area contributed by atoms with Crippen molar-refractivity contribution >= 4 is 29.0 Å². The van der Waals surface area contributed by atoms with Crippen LogP contribution in [0.2, 0.25) is 0 Å². The summed E-state index contributed by atoms with van der Waals surface area (Å²) < 4.78 is 42.3. The quantitative estimate of drug-likeness (QED) is 0.631. The smallest absolute Gasteiger partial charge is 0.367 e. The van der Waals surface area contributed by atoms with Crippen LogP contribution in [0.1, 0.15) is 71.8 Å². The number of hydrogen-bond donors (Lipinski definition) is 2. The van der Waals surface area contributed by atoms with E-state index in [0.717, 1.165) is 44.4 Å². The van der Waals surface area contributed by atoms with Crippen LogP contribution < -0.4 is 11.1 Å². The number of primary amides is 1. The first kappa shape index (κ1) is 23.5. The van der Waals surface area contributed by atoms with Crippen molar-refractivity contribution in [2.45, 2.75) is 64.2 Å². The summed E-state index contributed by atoms with van der Waals surface area (Å²) in [4.78, 5) is 34.7. The molecule has 2 amide bonds. The number of alkyl halides is 3. The molecule has 178 valence electrons. The van der Waals surface area contributed by atoms with Crippen LogP contribution in [0.3, 0.4) is 0 Å². The molecule has 2 atom stereocenters. The van der Waals surface area contributed by atoms with Gasteiger partial charge in [0.15, 0.2) is 5.01 Å². The van der Waals surface area contributed by atoms with Gasteiger partial charge in [-0.2, -0.15) is 13.2 Å². The molecule has 2 aromatic rings. The number of rotatable bonds is 6. The zero-order valence-corrected chi connectivity index (χ0v) is 19.2. The second kappa shape index (κ2) is 8.92. The van der Waals surface area contributed by atoms with Gasteiger partial charge in [0.25, 0.3) is 11.8 Å². The predicted molar refractivity (Wildman–Crippen MR) is 119 cm³/mol. The number of thiazole rings is 1. The number of hydrogen-bond acceptors (Lipinski definition) is 6. The highest BCUT2D eigenvalue weighted by atomic mass is 32.1. The Morgan fingerprint density at radius 3 is 2.55 bits per heavy atom. The molecule has 4 rings (SSSR count). The number of nitrogens with two attached hydrogens (primary N) is 1. The Bertz CT molecular complexity index is 1070. The normalized spacial score (nSPS) is 19.9. The van der Waals surface area contributed by atoms with Crippen molar-refractivity contribution in [2.24, 2.45) is 11.7 Å². The Morgan fingerprint density at radius 2 is 2.00 bits per heavy atom. The van der Waals surface area contributed by atoms with Gasteiger partial charge < -0.3 is 16.0 Å². The van der Waals surface area contributed by atoms with E-state index in [1.807, 2.05) is 13.8 Å². The molecule has 0 aromatic carbocycles. The topological polar surface area (TPSA) is 101 Å². The van der Waals surface area contributed by atoms with Gasteiger partial charge >= 0.3 is 6.18 Å². The third kappa shape index (κ3) is 4.68. The van der Waals surface area contributed by atoms with E-state index >= 15 is 0 Å². The fraction of sp³-hybridized carbons (Fsp3) is 0.545. The van der Waals surface area contributed by atoms with E-state index in [9.17, 15) is 22.8 Å². The molecule has 33 heavy (non-hydrogen) atoms. The molecule has 7 nitrogen and oxygen atoms in total. The number of pyridine rings is 1. The van der Waals surface area contributed by atoms with Crippen LogP contribution in [-0.4, -0.2) is 45.3 Å². The van der Waals surface area contributed by atoms with E-state index in [-0.39, 0.29) is 39.0 Å². The number of carbonyl (C=O) groups excluding carboxylic acids is 2. The van der Waals surface area contributed by atoms with Crippen molar-refractivity contribution < 1.29 is 22.8 Å². The minimum absolute atomic E-state index is 0.00292. The van der Waals surface area contributed by atoms with Gasteiger partial charge in [-0.05, 0) is 51.5 Å². The van der Waals surface area contributed by atoms with Crippen LogP contribution in [0.15, 0.2) is 12.3 Å². The summed E-state index contributed by atoms with van der Waals surface area (Å²) in [6.45, 7) is 4.29. The molecule has 3 heterocycles. The van der Waals surface area contributed by atoms with Gasteiger partial charge in [0.05, 0.1) is 10.4 Å². The predicted octanol–water partition coefficient (Wildman–Crippen LogP) is 4.55. The molecule has 2 aromatic heterocycles. The van der Waals surface area contributed by atoms with E-state index < -0.39 is 23.6 Å². The van der Waals surface area contributed by atoms with Crippen LogP contribution in [0, 0.1) is 5.92 Å². The van der Waals surface area contributed by atoms with E-state index in [1.165, 1.54) is 0 Å². The first-order chi connectivity index (χ1) is 15.6. The lowest BCUT2D eigenvalue weighted by Crippen LogP contribution is -2.34. The summed E-state index contributed by atoms with van der Waals surface area (Å²) in [5.74, 6) is -0.880. The third-order valence-electron chi connectivity index (χ3n) is 6.54. The molecular weight excluding hydrogens is 455 g/mol. The van der Waals surface area contributed by atoms with E-state index in [2.05, 4.69) is 15.3 Å². The largest absolute Gasteiger partial charge is 0.417 e. The second-order valence-corrected chi connectivity index (χ2v) is 9.79. The van der Waals surface area contributed by atoms with Gasteiger partial charge in [-0.25, -0.2) is 9.97 Å². The summed E-state index contributed by atoms with van der Waals surface area (Å²) >= 11 is 0.683. The van der Waals surface area contributed by atoms with Crippen molar-refractivity contribution in [1.29, 1.82) is 0 Å². The summed E-state index contributed by atoms with van der Waals surface area (Å²) in [6, 6.07) is 0.890. The van der Waals surface area contributed by atoms with E-state index in [4.69, 9.17) is 5.73 Å². The first-order valence-electron chi connectivity index (χ1n) is 11.0. The highest BCUT2D eigenvalue weighted by molar-refractivity contribution is 7.17. The molecular formula is C22H26F3N5O2S. The van der Waals surface area contributed by atoms with E-state index in [1.54, 1.807) is 4.90 Å². The third-order valence-corrected chi connectivity index (χ3v) is 7.64. The monoisotopic (exact) mass is 481 g/mol. The lowest BCUT2D eigenvalue weighted by atomic mass is 9.80. The lowest BCUT2D eigenvalue weighted by Gasteiger charge is -2.32. The van der Waals surface area contributed by atoms with Gasteiger partial charge in [0.1, 0.15) is 11.5 Å². The molecule has 1 saturated heterocycles.